The second-order valence-electron chi connectivity index (χ2n) is 6.02. The molecule has 2 aliphatic rings. The number of nitrogen functional groups attached to an aromatic ring is 1. The third-order valence-electron chi connectivity index (χ3n) is 4.85. The van der Waals surface area contributed by atoms with Crippen molar-refractivity contribution < 1.29 is 4.74 Å². The summed E-state index contributed by atoms with van der Waals surface area (Å²) in [5.41, 5.74) is 9.38. The van der Waals surface area contributed by atoms with E-state index in [4.69, 9.17) is 10.5 Å². The lowest BCUT2D eigenvalue weighted by atomic mass is 9.93. The van der Waals surface area contributed by atoms with Crippen molar-refractivity contribution in [3.63, 3.8) is 0 Å². The molecular formula is C16H19N3O. The average molecular weight is 269 g/mol. The van der Waals surface area contributed by atoms with Crippen LogP contribution in [0, 0.1) is 11.8 Å². The largest absolute Gasteiger partial charge is 0.496 e. The van der Waals surface area contributed by atoms with E-state index in [1.807, 2.05) is 18.2 Å². The lowest BCUT2D eigenvalue weighted by Crippen LogP contribution is -2.00. The lowest BCUT2D eigenvalue weighted by Gasteiger charge is -2.14. The highest BCUT2D eigenvalue weighted by Gasteiger charge is 2.47. The van der Waals surface area contributed by atoms with E-state index in [0.29, 0.717) is 11.7 Å². The molecule has 4 nitrogen and oxygen atoms in total. The summed E-state index contributed by atoms with van der Waals surface area (Å²) in [5.74, 6) is 3.88. The molecule has 0 spiro atoms. The molecule has 0 radical (unpaired) electrons. The van der Waals surface area contributed by atoms with Crippen molar-refractivity contribution in [1.82, 2.24) is 10.2 Å². The molecule has 4 rings (SSSR count). The van der Waals surface area contributed by atoms with Gasteiger partial charge in [-0.25, -0.2) is 0 Å². The average Bonchev–Trinajstić information content (AvgIpc) is 2.91. The smallest absolute Gasteiger partial charge is 0.153 e. The fourth-order valence-electron chi connectivity index (χ4n) is 3.75. The minimum atomic E-state index is 0.573. The molecule has 2 saturated carbocycles. The van der Waals surface area contributed by atoms with Crippen molar-refractivity contribution in [2.75, 3.05) is 12.8 Å². The maximum atomic E-state index is 6.11. The van der Waals surface area contributed by atoms with Crippen molar-refractivity contribution in [1.29, 1.82) is 0 Å². The van der Waals surface area contributed by atoms with E-state index in [9.17, 15) is 0 Å². The molecule has 2 fully saturated rings. The van der Waals surface area contributed by atoms with Crippen LogP contribution in [0.4, 0.5) is 5.82 Å². The first-order valence-electron chi connectivity index (χ1n) is 7.25. The van der Waals surface area contributed by atoms with Crippen molar-refractivity contribution >= 4 is 5.82 Å². The van der Waals surface area contributed by atoms with Crippen LogP contribution in [-0.4, -0.2) is 17.3 Å². The van der Waals surface area contributed by atoms with Gasteiger partial charge in [-0.15, -0.1) is 0 Å². The standard InChI is InChI=1S/C16H19N3O/c1-20-13-5-3-2-4-12(13)14-15(18-19-16(14)17)11-7-9-6-10(9)8-11/h2-5,9-11H,6-8H2,1H3,(H3,17,18,19). The molecule has 3 N–H and O–H groups in total. The number of nitrogens with two attached hydrogens (primary N) is 1. The number of fused-ring (bicyclic) bond motifs is 1. The number of hydrogen-bond acceptors (Lipinski definition) is 3. The first-order chi connectivity index (χ1) is 9.78. The molecule has 2 aliphatic carbocycles. The Balaban J connectivity index is 1.79. The van der Waals surface area contributed by atoms with Gasteiger partial charge in [0.25, 0.3) is 0 Å². The zero-order valence-corrected chi connectivity index (χ0v) is 11.6. The molecule has 0 aliphatic heterocycles. The maximum Gasteiger partial charge on any atom is 0.153 e. The topological polar surface area (TPSA) is 63.9 Å². The highest BCUT2D eigenvalue weighted by molar-refractivity contribution is 5.81. The van der Waals surface area contributed by atoms with Crippen LogP contribution in [0.2, 0.25) is 0 Å². The number of para-hydroxylation sites is 1. The fourth-order valence-corrected chi connectivity index (χ4v) is 3.75. The summed E-state index contributed by atoms with van der Waals surface area (Å²) in [6.45, 7) is 0. The molecular weight excluding hydrogens is 250 g/mol. The zero-order valence-electron chi connectivity index (χ0n) is 11.6. The summed E-state index contributed by atoms with van der Waals surface area (Å²) in [5, 5.41) is 7.43. The van der Waals surface area contributed by atoms with Crippen LogP contribution in [0.5, 0.6) is 5.75 Å². The lowest BCUT2D eigenvalue weighted by molar-refractivity contribution is 0.416. The first-order valence-corrected chi connectivity index (χ1v) is 7.25. The number of ether oxygens (including phenoxy) is 1. The van der Waals surface area contributed by atoms with Crippen molar-refractivity contribution in [3.05, 3.63) is 30.0 Å². The van der Waals surface area contributed by atoms with E-state index in [-0.39, 0.29) is 0 Å². The quantitative estimate of drug-likeness (QED) is 0.899. The zero-order chi connectivity index (χ0) is 13.7. The van der Waals surface area contributed by atoms with Gasteiger partial charge in [-0.2, -0.15) is 5.10 Å². The number of benzene rings is 1. The van der Waals surface area contributed by atoms with Gasteiger partial charge in [-0.1, -0.05) is 18.2 Å². The number of H-pyrrole nitrogens is 1. The van der Waals surface area contributed by atoms with Crippen LogP contribution in [0.25, 0.3) is 11.1 Å². The van der Waals surface area contributed by atoms with E-state index in [1.165, 1.54) is 25.0 Å². The summed E-state index contributed by atoms with van der Waals surface area (Å²) < 4.78 is 5.47. The van der Waals surface area contributed by atoms with E-state index in [1.54, 1.807) is 7.11 Å². The second-order valence-corrected chi connectivity index (χ2v) is 6.02. The predicted molar refractivity (Wildman–Crippen MR) is 78.6 cm³/mol. The predicted octanol–water partition coefficient (Wildman–Crippen LogP) is 3.18. The van der Waals surface area contributed by atoms with Crippen LogP contribution >= 0.6 is 0 Å². The van der Waals surface area contributed by atoms with Gasteiger partial charge in [-0.05, 0) is 37.2 Å². The van der Waals surface area contributed by atoms with Crippen LogP contribution in [-0.2, 0) is 0 Å². The van der Waals surface area contributed by atoms with Gasteiger partial charge in [0.15, 0.2) is 5.82 Å². The number of nitrogens with zero attached hydrogens (tertiary/aromatic N) is 1. The van der Waals surface area contributed by atoms with E-state index < -0.39 is 0 Å². The summed E-state index contributed by atoms with van der Waals surface area (Å²) in [7, 11) is 1.69. The minimum Gasteiger partial charge on any atom is -0.496 e. The van der Waals surface area contributed by atoms with Crippen LogP contribution in [0.3, 0.4) is 0 Å². The van der Waals surface area contributed by atoms with Gasteiger partial charge >= 0.3 is 0 Å². The Bertz CT molecular complexity index is 639. The number of aromatic nitrogens is 2. The van der Waals surface area contributed by atoms with Gasteiger partial charge in [0.1, 0.15) is 5.75 Å². The highest BCUT2D eigenvalue weighted by atomic mass is 16.5. The Morgan fingerprint density at radius 1 is 1.20 bits per heavy atom. The number of methoxy groups -OCH3 is 1. The summed E-state index contributed by atoms with van der Waals surface area (Å²) in [6.07, 6.45) is 3.97. The molecule has 4 heteroatoms. The SMILES string of the molecule is COc1ccccc1-c1c(N)n[nH]c1C1CC2CC2C1. The van der Waals surface area contributed by atoms with Gasteiger partial charge in [0.2, 0.25) is 0 Å². The molecule has 20 heavy (non-hydrogen) atoms. The van der Waals surface area contributed by atoms with Crippen molar-refractivity contribution in [2.24, 2.45) is 11.8 Å². The van der Waals surface area contributed by atoms with Crippen molar-refractivity contribution in [3.8, 4) is 16.9 Å². The van der Waals surface area contributed by atoms with Crippen LogP contribution in [0.1, 0.15) is 30.9 Å². The molecule has 2 aromatic rings. The molecule has 2 unspecified atom stereocenters. The Kier molecular flexibility index (Phi) is 2.52. The molecule has 1 aromatic carbocycles. The van der Waals surface area contributed by atoms with Gasteiger partial charge in [-0.3, -0.25) is 5.10 Å². The van der Waals surface area contributed by atoms with Crippen molar-refractivity contribution in [2.45, 2.75) is 25.2 Å². The van der Waals surface area contributed by atoms with Gasteiger partial charge < -0.3 is 10.5 Å². The molecule has 0 amide bonds. The Morgan fingerprint density at radius 2 is 1.95 bits per heavy atom. The summed E-state index contributed by atoms with van der Waals surface area (Å²) in [4.78, 5) is 0. The molecule has 0 saturated heterocycles. The third-order valence-corrected chi connectivity index (χ3v) is 4.85. The van der Waals surface area contributed by atoms with Crippen LogP contribution < -0.4 is 10.5 Å². The summed E-state index contributed by atoms with van der Waals surface area (Å²) >= 11 is 0. The number of hydrogen-bond donors (Lipinski definition) is 2. The van der Waals surface area contributed by atoms with Crippen LogP contribution in [0.15, 0.2) is 24.3 Å². The number of rotatable bonds is 3. The number of anilines is 1. The monoisotopic (exact) mass is 269 g/mol. The minimum absolute atomic E-state index is 0.573. The Hall–Kier alpha value is -1.97. The normalized spacial score (nSPS) is 27.4. The first kappa shape index (κ1) is 11.8. The maximum absolute atomic E-state index is 6.11. The van der Waals surface area contributed by atoms with Gasteiger partial charge in [0.05, 0.1) is 12.7 Å². The van der Waals surface area contributed by atoms with E-state index >= 15 is 0 Å². The molecule has 1 aromatic heterocycles. The fraction of sp³-hybridized carbons (Fsp3) is 0.438. The summed E-state index contributed by atoms with van der Waals surface area (Å²) in [6, 6.07) is 8.01. The molecule has 1 heterocycles. The second kappa shape index (κ2) is 4.27. The number of nitrogens with one attached hydrogen (secondary N) is 1. The van der Waals surface area contributed by atoms with Gasteiger partial charge in [0, 0.05) is 17.2 Å². The molecule has 104 valence electrons. The van der Waals surface area contributed by atoms with E-state index in [2.05, 4.69) is 16.3 Å². The highest BCUT2D eigenvalue weighted by Crippen LogP contribution is 2.58. The number of aromatic amines is 1. The molecule has 2 atom stereocenters. The Labute approximate surface area is 118 Å². The Morgan fingerprint density at radius 3 is 2.70 bits per heavy atom. The molecule has 0 bridgehead atoms. The third kappa shape index (κ3) is 1.71. The van der Waals surface area contributed by atoms with E-state index in [0.717, 1.165) is 28.7 Å².